The fraction of sp³-hybridized carbons (Fsp3) is 0.533. The number of H-pyrrole nitrogens is 2. The van der Waals surface area contributed by atoms with Crippen LogP contribution in [-0.2, 0) is 66.2 Å². The van der Waals surface area contributed by atoms with E-state index < -0.39 is 142 Å². The van der Waals surface area contributed by atoms with E-state index in [2.05, 4.69) is 38.1 Å². The minimum atomic E-state index is -6.24. The van der Waals surface area contributed by atoms with Gasteiger partial charge < -0.3 is 65.7 Å². The Morgan fingerprint density at radius 2 is 1.38 bits per heavy atom. The van der Waals surface area contributed by atoms with Crippen molar-refractivity contribution in [3.05, 3.63) is 62.4 Å². The highest BCUT2D eigenvalue weighted by atomic mass is 31.3. The summed E-state index contributed by atoms with van der Waals surface area (Å²) in [5.74, 6) is -0.503. The molecule has 14 N–H and O–H groups in total. The molecule has 3 aliphatic rings. The number of anilines is 2. The summed E-state index contributed by atoms with van der Waals surface area (Å²) in [6, 6.07) is 0.893. The number of aryl methyl sites for hydroxylation is 1. The molecule has 0 bridgehead atoms. The molecule has 0 aliphatic carbocycles. The van der Waals surface area contributed by atoms with Crippen molar-refractivity contribution in [2.45, 2.75) is 73.7 Å². The van der Waals surface area contributed by atoms with Crippen molar-refractivity contribution in [1.82, 2.24) is 43.6 Å². The van der Waals surface area contributed by atoms with Crippen molar-refractivity contribution < 1.29 is 108 Å². The first-order valence-corrected chi connectivity index (χ1v) is 25.8. The van der Waals surface area contributed by atoms with E-state index in [0.29, 0.717) is 4.57 Å². The van der Waals surface area contributed by atoms with Crippen molar-refractivity contribution >= 4 is 65.4 Å². The van der Waals surface area contributed by atoms with E-state index in [1.54, 1.807) is 0 Å². The smallest absolute Gasteiger partial charge is 0.387 e. The average Bonchev–Trinajstić information content (AvgIpc) is 4.05. The number of nitrogens with zero attached hydrogens (tertiary/aromatic N) is 8. The Bertz CT molecular complexity index is 3210. The molecular formula is C30H40FN12O24P4+. The molecule has 3 saturated heterocycles. The van der Waals surface area contributed by atoms with Crippen LogP contribution < -0.4 is 32.8 Å². The summed E-state index contributed by atoms with van der Waals surface area (Å²) in [5, 5.41) is 42.4. The van der Waals surface area contributed by atoms with Crippen molar-refractivity contribution in [2.75, 3.05) is 31.3 Å². The van der Waals surface area contributed by atoms with Gasteiger partial charge >= 0.3 is 42.6 Å². The van der Waals surface area contributed by atoms with Crippen molar-refractivity contribution in [3.63, 3.8) is 0 Å². The number of halogens is 1. The van der Waals surface area contributed by atoms with E-state index in [0.717, 1.165) is 34.1 Å². The number of aliphatic hydroxyl groups excluding tert-OH is 4. The number of phosphoric ester groups is 3. The predicted molar refractivity (Wildman–Crippen MR) is 222 cm³/mol. The van der Waals surface area contributed by atoms with Crippen LogP contribution in [-0.4, -0.2) is 158 Å². The first kappa shape index (κ1) is 52.7. The Morgan fingerprint density at radius 3 is 2.04 bits per heavy atom. The highest BCUT2D eigenvalue weighted by molar-refractivity contribution is 7.66. The summed E-state index contributed by atoms with van der Waals surface area (Å²) < 4.78 is 116. The number of imidazole rings is 2. The summed E-state index contributed by atoms with van der Waals surface area (Å²) in [6.07, 6.45) is -19.0. The zero-order chi connectivity index (χ0) is 51.7. The second-order valence-corrected chi connectivity index (χ2v) is 21.5. The van der Waals surface area contributed by atoms with Crippen LogP contribution in [0, 0.1) is 0 Å². The Morgan fingerprint density at radius 1 is 0.775 bits per heavy atom. The topological polar surface area (TPSA) is 518 Å². The lowest BCUT2D eigenvalue weighted by molar-refractivity contribution is -0.745. The Labute approximate surface area is 391 Å². The number of nitrogen functional groups attached to an aromatic ring is 2. The molecular weight excluding hydrogens is 1060 g/mol. The number of phosphoric acid groups is 4. The van der Waals surface area contributed by atoms with Crippen LogP contribution in [0.5, 0.6) is 0 Å². The number of hydrogen-bond acceptors (Lipinski definition) is 26. The number of nitrogens with two attached hydrogens (primary N) is 2. The van der Waals surface area contributed by atoms with Gasteiger partial charge in [-0.1, -0.05) is 4.98 Å². The first-order chi connectivity index (χ1) is 33.1. The molecule has 16 atom stereocenters. The number of aromatic amines is 2. The van der Waals surface area contributed by atoms with Gasteiger partial charge in [-0.2, -0.15) is 8.62 Å². The fourth-order valence-electron chi connectivity index (χ4n) is 7.52. The highest BCUT2D eigenvalue weighted by Crippen LogP contribution is 2.68. The number of aliphatic hydroxyl groups is 4. The van der Waals surface area contributed by atoms with Crippen molar-refractivity contribution in [2.24, 2.45) is 7.05 Å². The third-order valence-corrected chi connectivity index (χ3v) is 15.9. The molecule has 5 aromatic rings. The molecule has 41 heteroatoms. The molecule has 390 valence electrons. The van der Waals surface area contributed by atoms with Crippen LogP contribution in [0.25, 0.3) is 22.3 Å². The molecule has 0 spiro atoms. The van der Waals surface area contributed by atoms with Gasteiger partial charge in [-0.25, -0.2) is 47.0 Å². The third-order valence-electron chi connectivity index (χ3n) is 10.7. The minimum absolute atomic E-state index is 0.0373. The Balaban J connectivity index is 0.917. The van der Waals surface area contributed by atoms with Gasteiger partial charge in [0, 0.05) is 12.3 Å². The molecule has 0 radical (unpaired) electrons. The molecule has 7 unspecified atom stereocenters. The molecule has 0 amide bonds. The van der Waals surface area contributed by atoms with Gasteiger partial charge in [0.15, 0.2) is 36.4 Å². The van der Waals surface area contributed by atoms with E-state index in [9.17, 15) is 72.6 Å². The maximum atomic E-state index is 16.4. The van der Waals surface area contributed by atoms with Gasteiger partial charge in [-0.15, -0.1) is 0 Å². The van der Waals surface area contributed by atoms with Crippen molar-refractivity contribution in [1.29, 1.82) is 0 Å². The number of alkyl halides is 1. The number of hydrogen-bond donors (Lipinski definition) is 12. The zero-order valence-electron chi connectivity index (χ0n) is 35.4. The van der Waals surface area contributed by atoms with Gasteiger partial charge in [-0.3, -0.25) is 51.4 Å². The number of ether oxygens (including phenoxy) is 3. The molecule has 8 rings (SSSR count). The standard InChI is InChI=1S/C30H39FN12O24P4/c1-40-9-43(24-16(40)25(49)39-29(33)38-24)28-20(48)18(46)11(63-28)5-60-69(53,54)66-71(57,58)67-70(55,56)61-6-12-21(14(31)26(64-12)42-8-36-15-22(32)34-7-35-23(15)42)65-68(51,52)59-4-10-17(45)19(47)27(62-10)41-3-2-13(44)37-30(41)50/h2-3,7-12,14,17-21,26-28,45-48H,4-6H2,1H3,(H9-,32,33,34,35,37,38,39,44,49,50,51,52,53,54,55,56,57,58)/p+1/t10-,11-,12-,14?,17?,18?,19+,20+,21+,26-,27-,28-/m1/s1. The molecule has 5 aromatic heterocycles. The van der Waals surface area contributed by atoms with Crippen LogP contribution in [0.15, 0.2) is 45.6 Å². The Hall–Kier alpha value is -4.65. The summed E-state index contributed by atoms with van der Waals surface area (Å²) in [5.41, 5.74) is 8.49. The second-order valence-electron chi connectivity index (χ2n) is 15.5. The quantitative estimate of drug-likeness (QED) is 0.0290. The van der Waals surface area contributed by atoms with E-state index in [-0.39, 0.29) is 34.1 Å². The average molecular weight is 1100 g/mol. The van der Waals surface area contributed by atoms with E-state index in [1.807, 2.05) is 4.98 Å². The van der Waals surface area contributed by atoms with Gasteiger partial charge in [-0.05, 0) is 0 Å². The van der Waals surface area contributed by atoms with E-state index >= 15 is 4.39 Å². The predicted octanol–water partition coefficient (Wildman–Crippen LogP) is -4.55. The van der Waals surface area contributed by atoms with Crippen LogP contribution in [0.3, 0.4) is 0 Å². The molecule has 0 saturated carbocycles. The molecule has 36 nitrogen and oxygen atoms in total. The van der Waals surface area contributed by atoms with E-state index in [4.69, 9.17) is 39.2 Å². The minimum Gasteiger partial charge on any atom is -0.387 e. The summed E-state index contributed by atoms with van der Waals surface area (Å²) in [4.78, 5) is 97.6. The molecule has 71 heavy (non-hydrogen) atoms. The van der Waals surface area contributed by atoms with Gasteiger partial charge in [0.25, 0.3) is 17.1 Å². The number of nitrogens with one attached hydrogen (secondary N) is 2. The van der Waals surface area contributed by atoms with Crippen LogP contribution in [0.2, 0.25) is 0 Å². The first-order valence-electron chi connectivity index (χ1n) is 19.8. The third kappa shape index (κ3) is 11.0. The lowest BCUT2D eigenvalue weighted by Crippen LogP contribution is -2.46. The van der Waals surface area contributed by atoms with Crippen LogP contribution >= 0.6 is 31.3 Å². The molecule has 0 aromatic carbocycles. The Kier molecular flexibility index (Phi) is 14.6. The zero-order valence-corrected chi connectivity index (χ0v) is 39.0. The summed E-state index contributed by atoms with van der Waals surface area (Å²) in [7, 11) is -22.3. The van der Waals surface area contributed by atoms with Crippen LogP contribution in [0.1, 0.15) is 18.7 Å². The number of rotatable bonds is 18. The molecule has 8 heterocycles. The van der Waals surface area contributed by atoms with Gasteiger partial charge in [0.05, 0.1) is 33.2 Å². The lowest BCUT2D eigenvalue weighted by atomic mass is 10.1. The second kappa shape index (κ2) is 19.7. The molecule has 3 aliphatic heterocycles. The number of fused-ring (bicyclic) bond motifs is 2. The highest BCUT2D eigenvalue weighted by Gasteiger charge is 2.54. The monoisotopic (exact) mass is 1100 g/mol. The molecule has 3 fully saturated rings. The van der Waals surface area contributed by atoms with Gasteiger partial charge in [0.2, 0.25) is 11.7 Å². The SMILES string of the molecule is Cn1c[n+]([C@@H]2O[C@H](COP(=O)(O)OP(=O)(O)OP(=O)(O)OC[C@H]3O[C@@H](n4cnc5c(N)ncnc54)C(F)[C@H]3OP(=O)(O)OC[C@H]3O[C@@H](n4ccc(=O)[nH]c4=O)[C@@H](O)C3O)C(O)[C@@H]2O)c2nc(N)[nH]c(=O)c21. The van der Waals surface area contributed by atoms with Gasteiger partial charge in [0.1, 0.15) is 60.7 Å². The normalized spacial score (nSPS) is 31.4. The van der Waals surface area contributed by atoms with E-state index in [1.165, 1.54) is 17.9 Å². The van der Waals surface area contributed by atoms with Crippen molar-refractivity contribution in [3.8, 4) is 0 Å². The largest absolute Gasteiger partial charge is 0.490 e. The maximum Gasteiger partial charge on any atom is 0.490 e. The number of aromatic nitrogens is 10. The lowest BCUT2D eigenvalue weighted by Gasteiger charge is -2.24. The maximum absolute atomic E-state index is 16.4. The summed E-state index contributed by atoms with van der Waals surface area (Å²) >= 11 is 0. The summed E-state index contributed by atoms with van der Waals surface area (Å²) in [6.45, 7) is -3.72. The fourth-order valence-corrected chi connectivity index (χ4v) is 12.0. The van der Waals surface area contributed by atoms with Crippen LogP contribution in [0.4, 0.5) is 16.2 Å².